The quantitative estimate of drug-likeness (QED) is 0.871. The lowest BCUT2D eigenvalue weighted by Gasteiger charge is -2.31. The number of aryl methyl sites for hydroxylation is 2. The Morgan fingerprint density at radius 2 is 1.91 bits per heavy atom. The van der Waals surface area contributed by atoms with Crippen molar-refractivity contribution in [3.05, 3.63) is 17.0 Å². The van der Waals surface area contributed by atoms with Crippen molar-refractivity contribution in [2.75, 3.05) is 26.2 Å². The molecule has 2 unspecified atom stereocenters. The number of rotatable bonds is 6. The summed E-state index contributed by atoms with van der Waals surface area (Å²) in [5, 5.41) is 13.7. The number of nitrogens with zero attached hydrogens (tertiary/aromatic N) is 3. The summed E-state index contributed by atoms with van der Waals surface area (Å²) in [7, 11) is 0. The van der Waals surface area contributed by atoms with E-state index in [-0.39, 0.29) is 0 Å². The molecule has 5 nitrogen and oxygen atoms in total. The molecule has 2 aliphatic heterocycles. The van der Waals surface area contributed by atoms with E-state index in [4.69, 9.17) is 4.52 Å². The number of hydrogen-bond acceptors (Lipinski definition) is 5. The van der Waals surface area contributed by atoms with Crippen LogP contribution in [0.5, 0.6) is 0 Å². The molecule has 2 saturated heterocycles. The smallest absolute Gasteiger partial charge is 0.138 e. The van der Waals surface area contributed by atoms with Gasteiger partial charge in [0.2, 0.25) is 0 Å². The predicted molar refractivity (Wildman–Crippen MR) is 85.7 cm³/mol. The highest BCUT2D eigenvalue weighted by molar-refractivity contribution is 5.22. The monoisotopic (exact) mass is 307 g/mol. The molecule has 5 heteroatoms. The lowest BCUT2D eigenvalue weighted by molar-refractivity contribution is 0.120. The predicted octanol–water partition coefficient (Wildman–Crippen LogP) is 1.97. The highest BCUT2D eigenvalue weighted by Crippen LogP contribution is 2.26. The van der Waals surface area contributed by atoms with Crippen molar-refractivity contribution < 1.29 is 9.63 Å². The minimum atomic E-state index is 0.303. The maximum absolute atomic E-state index is 9.51. The van der Waals surface area contributed by atoms with E-state index in [2.05, 4.69) is 21.9 Å². The maximum Gasteiger partial charge on any atom is 0.138 e. The third-order valence-electron chi connectivity index (χ3n) is 5.42. The first-order valence-electron chi connectivity index (χ1n) is 8.76. The number of aromatic nitrogens is 1. The molecule has 2 aliphatic rings. The van der Waals surface area contributed by atoms with E-state index in [1.54, 1.807) is 0 Å². The van der Waals surface area contributed by atoms with Crippen LogP contribution in [0.3, 0.4) is 0 Å². The van der Waals surface area contributed by atoms with Gasteiger partial charge < -0.3 is 9.63 Å². The van der Waals surface area contributed by atoms with Crippen molar-refractivity contribution in [2.24, 2.45) is 0 Å². The minimum Gasteiger partial charge on any atom is -0.395 e. The Labute approximate surface area is 133 Å². The molecular formula is C17H29N3O2. The molecule has 2 atom stereocenters. The molecule has 0 aromatic carbocycles. The molecule has 1 aromatic rings. The Morgan fingerprint density at radius 3 is 2.64 bits per heavy atom. The van der Waals surface area contributed by atoms with Crippen molar-refractivity contribution in [3.63, 3.8) is 0 Å². The summed E-state index contributed by atoms with van der Waals surface area (Å²) in [6.45, 7) is 8.82. The Kier molecular flexibility index (Phi) is 5.16. The fraction of sp³-hybridized carbons (Fsp3) is 0.824. The summed E-state index contributed by atoms with van der Waals surface area (Å²) >= 11 is 0. The van der Waals surface area contributed by atoms with Crippen LogP contribution >= 0.6 is 0 Å². The maximum atomic E-state index is 9.51. The first kappa shape index (κ1) is 16.0. The van der Waals surface area contributed by atoms with Crippen molar-refractivity contribution in [1.82, 2.24) is 15.0 Å². The molecule has 3 rings (SSSR count). The summed E-state index contributed by atoms with van der Waals surface area (Å²) in [6, 6.07) is 0.983. The minimum absolute atomic E-state index is 0.303. The Bertz CT molecular complexity index is 488. The molecule has 124 valence electrons. The molecule has 1 N–H and O–H groups in total. The topological polar surface area (TPSA) is 52.7 Å². The van der Waals surface area contributed by atoms with Crippen LogP contribution < -0.4 is 0 Å². The lowest BCUT2D eigenvalue weighted by atomic mass is 10.1. The van der Waals surface area contributed by atoms with Gasteiger partial charge in [0.25, 0.3) is 0 Å². The molecule has 0 spiro atoms. The van der Waals surface area contributed by atoms with E-state index in [0.29, 0.717) is 18.7 Å². The lowest BCUT2D eigenvalue weighted by Crippen LogP contribution is -2.43. The van der Waals surface area contributed by atoms with Gasteiger partial charge in [-0.05, 0) is 52.1 Å². The second kappa shape index (κ2) is 7.11. The fourth-order valence-electron chi connectivity index (χ4n) is 4.04. The SMILES string of the molecule is CCc1noc(C)c1CN1CCCC1CN1CCCC1CO. The third kappa shape index (κ3) is 3.21. The normalized spacial score (nSPS) is 27.0. The van der Waals surface area contributed by atoms with Crippen LogP contribution in [0.15, 0.2) is 4.52 Å². The molecular weight excluding hydrogens is 278 g/mol. The van der Waals surface area contributed by atoms with Gasteiger partial charge in [-0.1, -0.05) is 12.1 Å². The van der Waals surface area contributed by atoms with Gasteiger partial charge in [-0.15, -0.1) is 0 Å². The van der Waals surface area contributed by atoms with Gasteiger partial charge >= 0.3 is 0 Å². The van der Waals surface area contributed by atoms with Crippen LogP contribution in [-0.4, -0.2) is 58.4 Å². The summed E-state index contributed by atoms with van der Waals surface area (Å²) in [5.41, 5.74) is 2.40. The Balaban J connectivity index is 1.64. The zero-order valence-electron chi connectivity index (χ0n) is 13.9. The van der Waals surface area contributed by atoms with Gasteiger partial charge in [-0.2, -0.15) is 0 Å². The number of aliphatic hydroxyl groups excluding tert-OH is 1. The highest BCUT2D eigenvalue weighted by Gasteiger charge is 2.32. The van der Waals surface area contributed by atoms with Crippen molar-refractivity contribution in [1.29, 1.82) is 0 Å². The zero-order valence-corrected chi connectivity index (χ0v) is 13.9. The average molecular weight is 307 g/mol. The summed E-state index contributed by atoms with van der Waals surface area (Å²) in [4.78, 5) is 5.08. The van der Waals surface area contributed by atoms with E-state index in [1.165, 1.54) is 24.8 Å². The molecule has 1 aromatic heterocycles. The van der Waals surface area contributed by atoms with Gasteiger partial charge in [-0.3, -0.25) is 9.80 Å². The fourth-order valence-corrected chi connectivity index (χ4v) is 4.04. The van der Waals surface area contributed by atoms with Crippen LogP contribution in [-0.2, 0) is 13.0 Å². The van der Waals surface area contributed by atoms with Crippen LogP contribution in [0, 0.1) is 6.92 Å². The summed E-state index contributed by atoms with van der Waals surface area (Å²) in [5.74, 6) is 0.969. The van der Waals surface area contributed by atoms with Gasteiger partial charge in [0, 0.05) is 30.7 Å². The standard InChI is InChI=1S/C17H29N3O2/c1-3-17-16(13(2)22-18-17)11-20-9-4-6-14(20)10-19-8-5-7-15(19)12-21/h14-15,21H,3-12H2,1-2H3. The molecule has 2 fully saturated rings. The second-order valence-electron chi connectivity index (χ2n) is 6.76. The van der Waals surface area contributed by atoms with E-state index >= 15 is 0 Å². The molecule has 22 heavy (non-hydrogen) atoms. The number of likely N-dealkylation sites (tertiary alicyclic amines) is 2. The van der Waals surface area contributed by atoms with Gasteiger partial charge in [0.1, 0.15) is 5.76 Å². The molecule has 0 aliphatic carbocycles. The van der Waals surface area contributed by atoms with Crippen LogP contribution in [0.4, 0.5) is 0 Å². The summed E-state index contributed by atoms with van der Waals surface area (Å²) in [6.07, 6.45) is 5.84. The van der Waals surface area contributed by atoms with Crippen molar-refractivity contribution >= 4 is 0 Å². The Morgan fingerprint density at radius 1 is 1.18 bits per heavy atom. The zero-order chi connectivity index (χ0) is 15.5. The molecule has 0 radical (unpaired) electrons. The van der Waals surface area contributed by atoms with E-state index in [0.717, 1.165) is 50.5 Å². The van der Waals surface area contributed by atoms with Crippen LogP contribution in [0.2, 0.25) is 0 Å². The van der Waals surface area contributed by atoms with E-state index in [1.807, 2.05) is 6.92 Å². The molecule has 0 saturated carbocycles. The van der Waals surface area contributed by atoms with Gasteiger partial charge in [0.15, 0.2) is 0 Å². The highest BCUT2D eigenvalue weighted by atomic mass is 16.5. The van der Waals surface area contributed by atoms with E-state index < -0.39 is 0 Å². The van der Waals surface area contributed by atoms with Gasteiger partial charge in [-0.25, -0.2) is 0 Å². The molecule has 0 amide bonds. The molecule has 3 heterocycles. The first-order valence-corrected chi connectivity index (χ1v) is 8.76. The van der Waals surface area contributed by atoms with Gasteiger partial charge in [0.05, 0.1) is 12.3 Å². The number of aliphatic hydroxyl groups is 1. The average Bonchev–Trinajstić information content (AvgIpc) is 3.23. The Hall–Kier alpha value is -0.910. The largest absolute Gasteiger partial charge is 0.395 e. The van der Waals surface area contributed by atoms with E-state index in [9.17, 15) is 5.11 Å². The van der Waals surface area contributed by atoms with Crippen molar-refractivity contribution in [3.8, 4) is 0 Å². The van der Waals surface area contributed by atoms with Crippen LogP contribution in [0.25, 0.3) is 0 Å². The molecule has 0 bridgehead atoms. The van der Waals surface area contributed by atoms with Crippen molar-refractivity contribution in [2.45, 2.75) is 64.6 Å². The third-order valence-corrected chi connectivity index (χ3v) is 5.42. The summed E-state index contributed by atoms with van der Waals surface area (Å²) < 4.78 is 5.38. The van der Waals surface area contributed by atoms with Crippen LogP contribution in [0.1, 0.15) is 49.6 Å². The second-order valence-corrected chi connectivity index (χ2v) is 6.76. The first-order chi connectivity index (χ1) is 10.7. The number of hydrogen-bond donors (Lipinski definition) is 1.